The molecule has 0 spiro atoms. The summed E-state index contributed by atoms with van der Waals surface area (Å²) in [6.45, 7) is 0.994. The second-order valence-corrected chi connectivity index (χ2v) is 3.65. The van der Waals surface area contributed by atoms with E-state index in [2.05, 4.69) is 4.98 Å². The quantitative estimate of drug-likeness (QED) is 0.866. The van der Waals surface area contributed by atoms with Gasteiger partial charge in [-0.25, -0.2) is 4.98 Å². The van der Waals surface area contributed by atoms with Crippen LogP contribution in [0.3, 0.4) is 0 Å². The molecule has 1 aromatic heterocycles. The first-order valence-electron chi connectivity index (χ1n) is 4.77. The molecular formula is C10H14F3N3. The predicted molar refractivity (Wildman–Crippen MR) is 56.2 cm³/mol. The fraction of sp³-hybridized carbons (Fsp3) is 0.500. The molecular weight excluding hydrogens is 219 g/mol. The van der Waals surface area contributed by atoms with Crippen molar-refractivity contribution in [2.75, 3.05) is 18.5 Å². The van der Waals surface area contributed by atoms with E-state index >= 15 is 0 Å². The molecule has 0 saturated carbocycles. The standard InChI is InChI=1S/C10H14F3N3/c1-7-3-8(5-14)4-9(15-7)16(2)6-10(11,12)13/h3-4H,5-6,14H2,1-2H3. The first-order valence-corrected chi connectivity index (χ1v) is 4.77. The third-order valence-electron chi connectivity index (χ3n) is 2.04. The van der Waals surface area contributed by atoms with Crippen molar-refractivity contribution in [3.8, 4) is 0 Å². The number of hydrogen-bond donors (Lipinski definition) is 1. The Morgan fingerprint density at radius 1 is 1.38 bits per heavy atom. The van der Waals surface area contributed by atoms with E-state index in [1.54, 1.807) is 19.1 Å². The van der Waals surface area contributed by atoms with E-state index in [0.717, 1.165) is 10.5 Å². The lowest BCUT2D eigenvalue weighted by molar-refractivity contribution is -0.119. The Morgan fingerprint density at radius 2 is 2.00 bits per heavy atom. The summed E-state index contributed by atoms with van der Waals surface area (Å²) >= 11 is 0. The highest BCUT2D eigenvalue weighted by molar-refractivity contribution is 5.42. The van der Waals surface area contributed by atoms with Crippen molar-refractivity contribution in [3.05, 3.63) is 23.4 Å². The van der Waals surface area contributed by atoms with Crippen molar-refractivity contribution in [2.24, 2.45) is 5.73 Å². The zero-order valence-electron chi connectivity index (χ0n) is 9.17. The number of halogens is 3. The zero-order valence-corrected chi connectivity index (χ0v) is 9.17. The number of aromatic nitrogens is 1. The van der Waals surface area contributed by atoms with Crippen molar-refractivity contribution in [3.63, 3.8) is 0 Å². The van der Waals surface area contributed by atoms with Gasteiger partial charge in [-0.15, -0.1) is 0 Å². The lowest BCUT2D eigenvalue weighted by Gasteiger charge is -2.20. The molecule has 16 heavy (non-hydrogen) atoms. The van der Waals surface area contributed by atoms with Gasteiger partial charge in [0.15, 0.2) is 0 Å². The Morgan fingerprint density at radius 3 is 2.50 bits per heavy atom. The summed E-state index contributed by atoms with van der Waals surface area (Å²) in [6, 6.07) is 3.32. The van der Waals surface area contributed by atoms with Crippen molar-refractivity contribution < 1.29 is 13.2 Å². The van der Waals surface area contributed by atoms with Gasteiger partial charge in [-0.05, 0) is 24.6 Å². The van der Waals surface area contributed by atoms with Gasteiger partial charge in [-0.3, -0.25) is 0 Å². The molecule has 6 heteroatoms. The van der Waals surface area contributed by atoms with Gasteiger partial charge in [-0.2, -0.15) is 13.2 Å². The average molecular weight is 233 g/mol. The molecule has 0 fully saturated rings. The van der Waals surface area contributed by atoms with Crippen LogP contribution in [-0.2, 0) is 6.54 Å². The van der Waals surface area contributed by atoms with Crippen LogP contribution in [0.1, 0.15) is 11.3 Å². The number of anilines is 1. The monoisotopic (exact) mass is 233 g/mol. The van der Waals surface area contributed by atoms with E-state index < -0.39 is 12.7 Å². The Balaban J connectivity index is 2.90. The fourth-order valence-electron chi connectivity index (χ4n) is 1.38. The van der Waals surface area contributed by atoms with Gasteiger partial charge in [0.25, 0.3) is 0 Å². The highest BCUT2D eigenvalue weighted by atomic mass is 19.4. The third kappa shape index (κ3) is 3.69. The van der Waals surface area contributed by atoms with Gasteiger partial charge in [-0.1, -0.05) is 0 Å². The summed E-state index contributed by atoms with van der Waals surface area (Å²) in [5, 5.41) is 0. The molecule has 0 atom stereocenters. The number of rotatable bonds is 3. The SMILES string of the molecule is Cc1cc(CN)cc(N(C)CC(F)(F)F)n1. The van der Waals surface area contributed by atoms with E-state index in [1.165, 1.54) is 7.05 Å². The second kappa shape index (κ2) is 4.69. The van der Waals surface area contributed by atoms with E-state index in [9.17, 15) is 13.2 Å². The smallest absolute Gasteiger partial charge is 0.351 e. The molecule has 0 radical (unpaired) electrons. The van der Waals surface area contributed by atoms with E-state index in [1.807, 2.05) is 0 Å². The fourth-order valence-corrected chi connectivity index (χ4v) is 1.38. The van der Waals surface area contributed by atoms with Gasteiger partial charge in [0.05, 0.1) is 0 Å². The molecule has 2 N–H and O–H groups in total. The van der Waals surface area contributed by atoms with Crippen molar-refractivity contribution in [2.45, 2.75) is 19.6 Å². The third-order valence-corrected chi connectivity index (χ3v) is 2.04. The first-order chi connectivity index (χ1) is 7.31. The Hall–Kier alpha value is -1.30. The lowest BCUT2D eigenvalue weighted by atomic mass is 10.2. The molecule has 90 valence electrons. The molecule has 1 heterocycles. The van der Waals surface area contributed by atoms with Gasteiger partial charge >= 0.3 is 6.18 Å². The minimum atomic E-state index is -4.23. The van der Waals surface area contributed by atoms with Crippen LogP contribution < -0.4 is 10.6 Å². The zero-order chi connectivity index (χ0) is 12.3. The minimum absolute atomic E-state index is 0.288. The number of nitrogens with two attached hydrogens (primary N) is 1. The van der Waals surface area contributed by atoms with Gasteiger partial charge in [0.2, 0.25) is 0 Å². The summed E-state index contributed by atoms with van der Waals surface area (Å²) in [5.41, 5.74) is 6.88. The maximum absolute atomic E-state index is 12.2. The number of nitrogens with zero attached hydrogens (tertiary/aromatic N) is 2. The Kier molecular flexibility index (Phi) is 3.74. The largest absolute Gasteiger partial charge is 0.405 e. The van der Waals surface area contributed by atoms with Gasteiger partial charge < -0.3 is 10.6 Å². The van der Waals surface area contributed by atoms with Crippen LogP contribution in [0.4, 0.5) is 19.0 Å². The predicted octanol–water partition coefficient (Wildman–Crippen LogP) is 1.85. The van der Waals surface area contributed by atoms with Crippen LogP contribution in [-0.4, -0.2) is 24.8 Å². The van der Waals surface area contributed by atoms with E-state index in [-0.39, 0.29) is 12.4 Å². The summed E-state index contributed by atoms with van der Waals surface area (Å²) in [7, 11) is 1.36. The Labute approximate surface area is 92.1 Å². The molecule has 0 aliphatic heterocycles. The molecule has 0 aliphatic rings. The number of hydrogen-bond acceptors (Lipinski definition) is 3. The molecule has 0 amide bonds. The summed E-state index contributed by atoms with van der Waals surface area (Å²) in [4.78, 5) is 5.10. The van der Waals surface area contributed by atoms with Gasteiger partial charge in [0, 0.05) is 19.3 Å². The summed E-state index contributed by atoms with van der Waals surface area (Å²) in [5.74, 6) is 0.290. The Bertz CT molecular complexity index is 363. The van der Waals surface area contributed by atoms with E-state index in [4.69, 9.17) is 5.73 Å². The summed E-state index contributed by atoms with van der Waals surface area (Å²) in [6.07, 6.45) is -4.23. The average Bonchev–Trinajstić information content (AvgIpc) is 2.14. The van der Waals surface area contributed by atoms with Crippen LogP contribution in [0.25, 0.3) is 0 Å². The normalized spacial score (nSPS) is 11.6. The minimum Gasteiger partial charge on any atom is -0.351 e. The van der Waals surface area contributed by atoms with Gasteiger partial charge in [0.1, 0.15) is 12.4 Å². The molecule has 0 aromatic carbocycles. The lowest BCUT2D eigenvalue weighted by Crippen LogP contribution is -2.31. The molecule has 0 unspecified atom stereocenters. The van der Waals surface area contributed by atoms with E-state index in [0.29, 0.717) is 5.69 Å². The van der Waals surface area contributed by atoms with Crippen molar-refractivity contribution in [1.82, 2.24) is 4.98 Å². The maximum atomic E-state index is 12.2. The van der Waals surface area contributed by atoms with Crippen molar-refractivity contribution in [1.29, 1.82) is 0 Å². The second-order valence-electron chi connectivity index (χ2n) is 3.65. The topological polar surface area (TPSA) is 42.1 Å². The van der Waals surface area contributed by atoms with Crippen LogP contribution in [0.2, 0.25) is 0 Å². The molecule has 1 aromatic rings. The summed E-state index contributed by atoms with van der Waals surface area (Å²) < 4.78 is 36.5. The van der Waals surface area contributed by atoms with Crippen LogP contribution in [0, 0.1) is 6.92 Å². The first kappa shape index (κ1) is 12.8. The number of aryl methyl sites for hydroxylation is 1. The number of pyridine rings is 1. The van der Waals surface area contributed by atoms with Crippen LogP contribution >= 0.6 is 0 Å². The number of alkyl halides is 3. The molecule has 0 aliphatic carbocycles. The van der Waals surface area contributed by atoms with Crippen LogP contribution in [0.15, 0.2) is 12.1 Å². The molecule has 0 saturated heterocycles. The highest BCUT2D eigenvalue weighted by Gasteiger charge is 2.29. The van der Waals surface area contributed by atoms with Crippen molar-refractivity contribution >= 4 is 5.82 Å². The molecule has 3 nitrogen and oxygen atoms in total. The highest BCUT2D eigenvalue weighted by Crippen LogP contribution is 2.20. The molecule has 1 rings (SSSR count). The molecule has 0 bridgehead atoms. The maximum Gasteiger partial charge on any atom is 0.405 e. The van der Waals surface area contributed by atoms with Crippen LogP contribution in [0.5, 0.6) is 0 Å².